The second-order valence-corrected chi connectivity index (χ2v) is 7.01. The summed E-state index contributed by atoms with van der Waals surface area (Å²) in [5, 5.41) is 3.14. The molecule has 7 heteroatoms. The zero-order valence-electron chi connectivity index (χ0n) is 12.5. The predicted octanol–water partition coefficient (Wildman–Crippen LogP) is 1.82. The van der Waals surface area contributed by atoms with Crippen LogP contribution in [0.3, 0.4) is 0 Å². The van der Waals surface area contributed by atoms with E-state index in [4.69, 9.17) is 9.47 Å². The molecule has 0 amide bonds. The molecule has 5 nitrogen and oxygen atoms in total. The highest BCUT2D eigenvalue weighted by atomic mass is 127. The van der Waals surface area contributed by atoms with Crippen molar-refractivity contribution in [2.75, 3.05) is 26.4 Å². The van der Waals surface area contributed by atoms with Gasteiger partial charge in [-0.1, -0.05) is 6.07 Å². The third kappa shape index (κ3) is 2.51. The highest BCUT2D eigenvalue weighted by molar-refractivity contribution is 14.1. The highest BCUT2D eigenvalue weighted by Gasteiger charge is 2.41. The van der Waals surface area contributed by atoms with Crippen molar-refractivity contribution in [1.29, 1.82) is 0 Å². The first-order valence-electron chi connectivity index (χ1n) is 7.46. The van der Waals surface area contributed by atoms with Crippen molar-refractivity contribution in [2.45, 2.75) is 5.92 Å². The van der Waals surface area contributed by atoms with Gasteiger partial charge < -0.3 is 14.8 Å². The van der Waals surface area contributed by atoms with Crippen molar-refractivity contribution >= 4 is 34.2 Å². The molecule has 24 heavy (non-hydrogen) atoms. The summed E-state index contributed by atoms with van der Waals surface area (Å²) in [6.45, 7) is 0.535. The molecule has 1 aromatic rings. The number of carbonyl (C=O) groups excluding carboxylic acids is 2. The molecule has 0 aromatic heterocycles. The molecule has 0 saturated heterocycles. The molecule has 3 heterocycles. The van der Waals surface area contributed by atoms with Gasteiger partial charge in [0, 0.05) is 32.0 Å². The SMILES string of the molecule is O=C1COCC2=C1C(c1ccc(F)c(I)c1)C1=C(COCC1=O)N2. The first kappa shape index (κ1) is 15.9. The van der Waals surface area contributed by atoms with E-state index in [-0.39, 0.29) is 43.8 Å². The minimum Gasteiger partial charge on any atom is -0.367 e. The maximum absolute atomic E-state index is 13.7. The second-order valence-electron chi connectivity index (χ2n) is 5.85. The number of hydrogen-bond acceptors (Lipinski definition) is 5. The van der Waals surface area contributed by atoms with Gasteiger partial charge in [0.05, 0.1) is 13.2 Å². The second kappa shape index (κ2) is 6.05. The average Bonchev–Trinajstić information content (AvgIpc) is 2.56. The molecule has 4 rings (SSSR count). The summed E-state index contributed by atoms with van der Waals surface area (Å²) < 4.78 is 24.7. The van der Waals surface area contributed by atoms with Gasteiger partial charge in [-0.05, 0) is 40.3 Å². The number of dihydropyridines is 1. The van der Waals surface area contributed by atoms with Crippen LogP contribution in [-0.4, -0.2) is 38.0 Å². The van der Waals surface area contributed by atoms with E-state index in [0.717, 1.165) is 5.56 Å². The van der Waals surface area contributed by atoms with Gasteiger partial charge in [0.1, 0.15) is 19.0 Å². The number of nitrogens with one attached hydrogen (secondary N) is 1. The van der Waals surface area contributed by atoms with Crippen LogP contribution in [-0.2, 0) is 19.1 Å². The lowest BCUT2D eigenvalue weighted by Crippen LogP contribution is -2.42. The summed E-state index contributed by atoms with van der Waals surface area (Å²) in [5.74, 6) is -1.13. The zero-order valence-corrected chi connectivity index (χ0v) is 14.7. The van der Waals surface area contributed by atoms with E-state index in [2.05, 4.69) is 5.32 Å². The van der Waals surface area contributed by atoms with Gasteiger partial charge in [-0.3, -0.25) is 9.59 Å². The lowest BCUT2D eigenvalue weighted by atomic mass is 9.76. The van der Waals surface area contributed by atoms with Gasteiger partial charge in [-0.2, -0.15) is 0 Å². The Morgan fingerprint density at radius 2 is 1.58 bits per heavy atom. The summed E-state index contributed by atoms with van der Waals surface area (Å²) in [4.78, 5) is 25.0. The van der Waals surface area contributed by atoms with Crippen LogP contribution in [0.4, 0.5) is 4.39 Å². The standard InChI is InChI=1S/C17H13FINO4/c18-9-2-1-8(3-10(9)19)15-16-11(4-23-6-13(16)21)20-12-5-24-7-14(22)17(12)15/h1-3,15,20H,4-7H2. The van der Waals surface area contributed by atoms with E-state index in [1.165, 1.54) is 6.07 Å². The average molecular weight is 441 g/mol. The van der Waals surface area contributed by atoms with Crippen LogP contribution in [0, 0.1) is 9.39 Å². The smallest absolute Gasteiger partial charge is 0.187 e. The molecular weight excluding hydrogens is 428 g/mol. The molecule has 0 fully saturated rings. The Bertz CT molecular complexity index is 788. The zero-order chi connectivity index (χ0) is 16.8. The molecule has 0 atom stereocenters. The number of ether oxygens (including phenoxy) is 2. The minimum atomic E-state index is -0.502. The van der Waals surface area contributed by atoms with Crippen molar-refractivity contribution < 1.29 is 23.5 Å². The summed E-state index contributed by atoms with van der Waals surface area (Å²) in [7, 11) is 0. The molecule has 0 spiro atoms. The number of carbonyl (C=O) groups is 2. The Morgan fingerprint density at radius 1 is 1.00 bits per heavy atom. The number of ketones is 2. The van der Waals surface area contributed by atoms with Crippen LogP contribution in [0.2, 0.25) is 0 Å². The molecule has 0 aliphatic carbocycles. The number of benzene rings is 1. The van der Waals surface area contributed by atoms with E-state index in [0.29, 0.717) is 26.1 Å². The molecule has 0 saturated carbocycles. The third-order valence-electron chi connectivity index (χ3n) is 4.37. The molecule has 0 radical (unpaired) electrons. The summed E-state index contributed by atoms with van der Waals surface area (Å²) in [5.41, 5.74) is 3.13. The van der Waals surface area contributed by atoms with Gasteiger partial charge >= 0.3 is 0 Å². The Hall–Kier alpha value is -1.58. The van der Waals surface area contributed by atoms with Crippen LogP contribution in [0.25, 0.3) is 0 Å². The Morgan fingerprint density at radius 3 is 2.12 bits per heavy atom. The van der Waals surface area contributed by atoms with Crippen LogP contribution in [0.1, 0.15) is 11.5 Å². The van der Waals surface area contributed by atoms with Crippen molar-refractivity contribution in [3.63, 3.8) is 0 Å². The lowest BCUT2D eigenvalue weighted by molar-refractivity contribution is -0.122. The van der Waals surface area contributed by atoms with Crippen molar-refractivity contribution in [2.24, 2.45) is 0 Å². The maximum Gasteiger partial charge on any atom is 0.187 e. The first-order chi connectivity index (χ1) is 11.6. The van der Waals surface area contributed by atoms with E-state index < -0.39 is 5.92 Å². The van der Waals surface area contributed by atoms with Crippen molar-refractivity contribution in [3.8, 4) is 0 Å². The Kier molecular flexibility index (Phi) is 4.01. The molecule has 0 unspecified atom stereocenters. The fourth-order valence-electron chi connectivity index (χ4n) is 3.37. The van der Waals surface area contributed by atoms with Gasteiger partial charge in [-0.15, -0.1) is 0 Å². The van der Waals surface area contributed by atoms with E-state index >= 15 is 0 Å². The lowest BCUT2D eigenvalue weighted by Gasteiger charge is -2.36. The molecule has 1 aromatic carbocycles. The fraction of sp³-hybridized carbons (Fsp3) is 0.294. The number of halogens is 2. The monoisotopic (exact) mass is 441 g/mol. The van der Waals surface area contributed by atoms with E-state index in [1.54, 1.807) is 12.1 Å². The van der Waals surface area contributed by atoms with Gasteiger partial charge in [0.25, 0.3) is 0 Å². The first-order valence-corrected chi connectivity index (χ1v) is 8.54. The van der Waals surface area contributed by atoms with Crippen LogP contribution in [0.5, 0.6) is 0 Å². The number of Topliss-reactive ketones (excluding diaryl/α,β-unsaturated/α-hetero) is 2. The molecule has 3 aliphatic rings. The maximum atomic E-state index is 13.7. The van der Waals surface area contributed by atoms with Crippen LogP contribution < -0.4 is 5.32 Å². The van der Waals surface area contributed by atoms with Gasteiger partial charge in [-0.25, -0.2) is 4.39 Å². The molecule has 3 aliphatic heterocycles. The van der Waals surface area contributed by atoms with Crippen molar-refractivity contribution in [1.82, 2.24) is 5.32 Å². The van der Waals surface area contributed by atoms with Crippen LogP contribution in [0.15, 0.2) is 40.7 Å². The molecule has 0 bridgehead atoms. The number of rotatable bonds is 1. The number of hydrogen-bond donors (Lipinski definition) is 1. The normalized spacial score (nSPS) is 21.6. The highest BCUT2D eigenvalue weighted by Crippen LogP contribution is 2.41. The molecule has 124 valence electrons. The Balaban J connectivity index is 1.92. The van der Waals surface area contributed by atoms with Crippen molar-refractivity contribution in [3.05, 3.63) is 55.7 Å². The quantitative estimate of drug-likeness (QED) is 0.674. The summed E-state index contributed by atoms with van der Waals surface area (Å²) >= 11 is 1.91. The van der Waals surface area contributed by atoms with Gasteiger partial charge in [0.15, 0.2) is 11.6 Å². The topological polar surface area (TPSA) is 64.6 Å². The van der Waals surface area contributed by atoms with E-state index in [1.807, 2.05) is 22.6 Å². The predicted molar refractivity (Wildman–Crippen MR) is 90.7 cm³/mol. The van der Waals surface area contributed by atoms with Gasteiger partial charge in [0.2, 0.25) is 0 Å². The third-order valence-corrected chi connectivity index (χ3v) is 5.19. The largest absolute Gasteiger partial charge is 0.367 e. The molecule has 1 N–H and O–H groups in total. The van der Waals surface area contributed by atoms with E-state index in [9.17, 15) is 14.0 Å². The summed E-state index contributed by atoms with van der Waals surface area (Å²) in [6, 6.07) is 4.69. The fourth-order valence-corrected chi connectivity index (χ4v) is 3.91. The minimum absolute atomic E-state index is 0.0113. The van der Waals surface area contributed by atoms with Crippen LogP contribution >= 0.6 is 22.6 Å². The summed E-state index contributed by atoms with van der Waals surface area (Å²) in [6.07, 6.45) is 0. The molecular formula is C17H13FINO4. The Labute approximate surface area is 151 Å².